The van der Waals surface area contributed by atoms with Crippen LogP contribution in [-0.4, -0.2) is 11.2 Å². The fraction of sp³-hybridized carbons (Fsp3) is 0.857. The van der Waals surface area contributed by atoms with E-state index in [-0.39, 0.29) is 6.10 Å². The van der Waals surface area contributed by atoms with Gasteiger partial charge in [-0.2, -0.15) is 0 Å². The summed E-state index contributed by atoms with van der Waals surface area (Å²) in [7, 11) is 0. The summed E-state index contributed by atoms with van der Waals surface area (Å²) >= 11 is 0. The lowest BCUT2D eigenvalue weighted by Crippen LogP contribution is -2.13. The minimum absolute atomic E-state index is 0.101. The first-order valence-electron chi connectivity index (χ1n) is 6.58. The van der Waals surface area contributed by atoms with Gasteiger partial charge in [0, 0.05) is 0 Å². The number of allylic oxidation sites excluding steroid dienone is 1. The van der Waals surface area contributed by atoms with Crippen molar-refractivity contribution in [1.29, 1.82) is 0 Å². The molecule has 0 bridgehead atoms. The van der Waals surface area contributed by atoms with Crippen LogP contribution in [0.5, 0.6) is 0 Å². The fourth-order valence-corrected chi connectivity index (χ4v) is 2.55. The zero-order chi connectivity index (χ0) is 11.1. The van der Waals surface area contributed by atoms with Crippen LogP contribution in [-0.2, 0) is 0 Å². The Bertz CT molecular complexity index is 196. The summed E-state index contributed by atoms with van der Waals surface area (Å²) in [6.45, 7) is 4.47. The van der Waals surface area contributed by atoms with Gasteiger partial charge in [0.1, 0.15) is 0 Å². The van der Waals surface area contributed by atoms with Crippen molar-refractivity contribution in [3.8, 4) is 0 Å². The molecule has 0 fully saturated rings. The molecular weight excluding hydrogens is 184 g/mol. The van der Waals surface area contributed by atoms with E-state index < -0.39 is 0 Å². The van der Waals surface area contributed by atoms with Gasteiger partial charge in [0.05, 0.1) is 6.10 Å². The maximum Gasteiger partial charge on any atom is 0.0579 e. The van der Waals surface area contributed by atoms with Crippen LogP contribution < -0.4 is 0 Å². The molecular formula is C14H26O. The molecule has 0 aliphatic heterocycles. The zero-order valence-electron chi connectivity index (χ0n) is 10.3. The Morgan fingerprint density at radius 2 is 2.20 bits per heavy atom. The van der Waals surface area contributed by atoms with Gasteiger partial charge in [-0.3, -0.25) is 0 Å². The van der Waals surface area contributed by atoms with Crippen LogP contribution >= 0.6 is 0 Å². The molecule has 0 aromatic heterocycles. The molecule has 1 aliphatic rings. The Hall–Kier alpha value is -0.300. The molecule has 0 amide bonds. The normalized spacial score (nSPS) is 20.9. The zero-order valence-corrected chi connectivity index (χ0v) is 10.3. The molecule has 15 heavy (non-hydrogen) atoms. The summed E-state index contributed by atoms with van der Waals surface area (Å²) in [5.74, 6) is 0.675. The second-order valence-corrected chi connectivity index (χ2v) is 5.10. The molecule has 0 saturated heterocycles. The van der Waals surface area contributed by atoms with Gasteiger partial charge < -0.3 is 5.11 Å². The highest BCUT2D eigenvalue weighted by atomic mass is 16.3. The molecule has 1 N–H and O–H groups in total. The molecule has 0 aromatic carbocycles. The van der Waals surface area contributed by atoms with E-state index >= 15 is 0 Å². The number of hydrogen-bond donors (Lipinski definition) is 1. The molecule has 1 heteroatoms. The van der Waals surface area contributed by atoms with E-state index in [2.05, 4.69) is 19.9 Å². The van der Waals surface area contributed by atoms with E-state index in [1.54, 1.807) is 0 Å². The summed E-state index contributed by atoms with van der Waals surface area (Å²) < 4.78 is 0. The van der Waals surface area contributed by atoms with Crippen molar-refractivity contribution in [2.24, 2.45) is 5.92 Å². The van der Waals surface area contributed by atoms with Gasteiger partial charge in [0.15, 0.2) is 0 Å². The van der Waals surface area contributed by atoms with Crippen LogP contribution in [0, 0.1) is 5.92 Å². The average Bonchev–Trinajstić information content (AvgIpc) is 2.19. The number of aliphatic hydroxyl groups is 1. The lowest BCUT2D eigenvalue weighted by Gasteiger charge is -2.19. The summed E-state index contributed by atoms with van der Waals surface area (Å²) in [4.78, 5) is 0. The van der Waals surface area contributed by atoms with Gasteiger partial charge in [-0.15, -0.1) is 0 Å². The minimum Gasteiger partial charge on any atom is -0.393 e. The fourth-order valence-electron chi connectivity index (χ4n) is 2.55. The molecule has 0 radical (unpaired) electrons. The highest BCUT2D eigenvalue weighted by Crippen LogP contribution is 2.24. The topological polar surface area (TPSA) is 20.2 Å². The average molecular weight is 210 g/mol. The monoisotopic (exact) mass is 210 g/mol. The largest absolute Gasteiger partial charge is 0.393 e. The molecule has 0 spiro atoms. The van der Waals surface area contributed by atoms with E-state index in [0.29, 0.717) is 5.92 Å². The Kier molecular flexibility index (Phi) is 6.00. The van der Waals surface area contributed by atoms with Crippen molar-refractivity contribution in [3.05, 3.63) is 11.6 Å². The van der Waals surface area contributed by atoms with E-state index in [0.717, 1.165) is 12.8 Å². The molecule has 0 aromatic rings. The molecule has 2 atom stereocenters. The van der Waals surface area contributed by atoms with Crippen LogP contribution in [0.3, 0.4) is 0 Å². The highest BCUT2D eigenvalue weighted by Gasteiger charge is 2.13. The Morgan fingerprint density at radius 3 is 2.80 bits per heavy atom. The predicted octanol–water partition coefficient (Wildman–Crippen LogP) is 4.06. The Morgan fingerprint density at radius 1 is 1.40 bits per heavy atom. The van der Waals surface area contributed by atoms with Crippen molar-refractivity contribution in [2.45, 2.75) is 71.3 Å². The number of rotatable bonds is 6. The van der Waals surface area contributed by atoms with E-state index in [1.807, 2.05) is 0 Å². The van der Waals surface area contributed by atoms with Crippen LogP contribution in [0.25, 0.3) is 0 Å². The maximum atomic E-state index is 9.96. The first kappa shape index (κ1) is 12.8. The predicted molar refractivity (Wildman–Crippen MR) is 65.9 cm³/mol. The van der Waals surface area contributed by atoms with Gasteiger partial charge in [-0.1, -0.05) is 38.3 Å². The number of aliphatic hydroxyl groups excluding tert-OH is 1. The lowest BCUT2D eigenvalue weighted by molar-refractivity contribution is 0.142. The minimum atomic E-state index is -0.101. The summed E-state index contributed by atoms with van der Waals surface area (Å²) in [5, 5.41) is 9.96. The molecule has 0 saturated carbocycles. The first-order valence-corrected chi connectivity index (χ1v) is 6.58. The van der Waals surface area contributed by atoms with Gasteiger partial charge >= 0.3 is 0 Å². The van der Waals surface area contributed by atoms with Crippen LogP contribution in [0.1, 0.15) is 65.2 Å². The Balaban J connectivity index is 2.22. The van der Waals surface area contributed by atoms with Crippen molar-refractivity contribution < 1.29 is 5.11 Å². The van der Waals surface area contributed by atoms with E-state index in [1.165, 1.54) is 44.1 Å². The summed E-state index contributed by atoms with van der Waals surface area (Å²) in [5.41, 5.74) is 1.50. The van der Waals surface area contributed by atoms with E-state index in [4.69, 9.17) is 0 Å². The van der Waals surface area contributed by atoms with Crippen LogP contribution in [0.15, 0.2) is 11.6 Å². The Labute approximate surface area is 94.6 Å². The van der Waals surface area contributed by atoms with Gasteiger partial charge in [-0.25, -0.2) is 0 Å². The van der Waals surface area contributed by atoms with Crippen molar-refractivity contribution >= 4 is 0 Å². The van der Waals surface area contributed by atoms with Gasteiger partial charge in [0.2, 0.25) is 0 Å². The van der Waals surface area contributed by atoms with Crippen LogP contribution in [0.2, 0.25) is 0 Å². The molecule has 1 nitrogen and oxygen atoms in total. The third-order valence-corrected chi connectivity index (χ3v) is 3.34. The maximum absolute atomic E-state index is 9.96. The molecule has 2 unspecified atom stereocenters. The standard InChI is InChI=1S/C14H26O/c1-3-7-12(2)10-14(15)11-13-8-5-4-6-9-13/h8,12,14-15H,3-7,9-11H2,1-2H3. The molecule has 1 rings (SSSR count). The molecule has 88 valence electrons. The quantitative estimate of drug-likeness (QED) is 0.655. The van der Waals surface area contributed by atoms with Crippen molar-refractivity contribution in [3.63, 3.8) is 0 Å². The van der Waals surface area contributed by atoms with Gasteiger partial charge in [-0.05, 0) is 44.4 Å². The lowest BCUT2D eigenvalue weighted by atomic mass is 9.91. The third-order valence-electron chi connectivity index (χ3n) is 3.34. The van der Waals surface area contributed by atoms with Crippen molar-refractivity contribution in [2.75, 3.05) is 0 Å². The highest BCUT2D eigenvalue weighted by molar-refractivity contribution is 5.06. The van der Waals surface area contributed by atoms with Gasteiger partial charge in [0.25, 0.3) is 0 Å². The van der Waals surface area contributed by atoms with Crippen molar-refractivity contribution in [1.82, 2.24) is 0 Å². The SMILES string of the molecule is CCCC(C)CC(O)CC1=CCCCC1. The molecule has 0 heterocycles. The second-order valence-electron chi connectivity index (χ2n) is 5.10. The molecule has 1 aliphatic carbocycles. The second kappa shape index (κ2) is 7.05. The van der Waals surface area contributed by atoms with E-state index in [9.17, 15) is 5.11 Å². The number of hydrogen-bond acceptors (Lipinski definition) is 1. The summed E-state index contributed by atoms with van der Waals surface area (Å²) in [6.07, 6.45) is 11.7. The third kappa shape index (κ3) is 5.36. The smallest absolute Gasteiger partial charge is 0.0579 e. The summed E-state index contributed by atoms with van der Waals surface area (Å²) in [6, 6.07) is 0. The first-order chi connectivity index (χ1) is 7.22. The van der Waals surface area contributed by atoms with Crippen LogP contribution in [0.4, 0.5) is 0 Å².